The van der Waals surface area contributed by atoms with Gasteiger partial charge < -0.3 is 15.1 Å². The molecule has 29 valence electrons. The van der Waals surface area contributed by atoms with Gasteiger partial charge in [-0.3, -0.25) is 0 Å². The molecule has 0 spiro atoms. The van der Waals surface area contributed by atoms with Crippen molar-refractivity contribution in [1.82, 2.24) is 0 Å². The van der Waals surface area contributed by atoms with Crippen molar-refractivity contribution in [2.75, 3.05) is 0 Å². The molecule has 0 rings (SSSR count). The van der Waals surface area contributed by atoms with Crippen LogP contribution in [-0.4, -0.2) is 22.4 Å². The molecule has 3 N–H and O–H groups in total. The van der Waals surface area contributed by atoms with Crippen molar-refractivity contribution in [2.45, 2.75) is 0 Å². The second-order valence-electron chi connectivity index (χ2n) is 0.346. The van der Waals surface area contributed by atoms with Crippen molar-refractivity contribution < 1.29 is 37.5 Å². The monoisotopic (exact) mass is 155 g/mol. The molecule has 0 saturated carbocycles. The van der Waals surface area contributed by atoms with E-state index in [2.05, 4.69) is 0 Å². The van der Waals surface area contributed by atoms with Gasteiger partial charge in [0, 0.05) is 22.4 Å². The summed E-state index contributed by atoms with van der Waals surface area (Å²) in [5.74, 6) is 0. The summed E-state index contributed by atoms with van der Waals surface area (Å²) in [6.07, 6.45) is 0. The molecule has 0 aromatic carbocycles. The Hall–Kier alpha value is 0.685. The molecule has 0 saturated heterocycles. The Balaban J connectivity index is 0. The van der Waals surface area contributed by atoms with Crippen molar-refractivity contribution in [3.05, 3.63) is 0 Å². The van der Waals surface area contributed by atoms with Crippen molar-refractivity contribution in [3.8, 4) is 0 Å². The largest absolute Gasteiger partial charge is 0.631 e. The van der Waals surface area contributed by atoms with Gasteiger partial charge in [0.2, 0.25) is 0 Å². The Bertz CT molecular complexity index is 11.6. The third-order valence-corrected chi connectivity index (χ3v) is 0. The SMILES string of the molecule is OB(O)O.[Nb]. The zero-order valence-electron chi connectivity index (χ0n) is 2.37. The van der Waals surface area contributed by atoms with Crippen LogP contribution in [0, 0.1) is 0 Å². The molecule has 0 aliphatic carbocycles. The van der Waals surface area contributed by atoms with Crippen LogP contribution in [0.2, 0.25) is 0 Å². The van der Waals surface area contributed by atoms with Gasteiger partial charge in [-0.05, 0) is 0 Å². The molecule has 0 atom stereocenters. The average Bonchev–Trinajstić information content (AvgIpc) is 0.811. The van der Waals surface area contributed by atoms with Crippen LogP contribution < -0.4 is 0 Å². The third kappa shape index (κ3) is 72.0. The molecule has 5 heteroatoms. The second kappa shape index (κ2) is 4.69. The van der Waals surface area contributed by atoms with Gasteiger partial charge >= 0.3 is 7.32 Å². The van der Waals surface area contributed by atoms with Gasteiger partial charge in [0.25, 0.3) is 0 Å². The first-order chi connectivity index (χ1) is 1.73. The van der Waals surface area contributed by atoms with Crippen LogP contribution in [-0.2, 0) is 22.4 Å². The maximum Gasteiger partial charge on any atom is 0.631 e. The summed E-state index contributed by atoms with van der Waals surface area (Å²) in [6, 6.07) is 0. The van der Waals surface area contributed by atoms with Crippen LogP contribution >= 0.6 is 0 Å². The van der Waals surface area contributed by atoms with E-state index >= 15 is 0 Å². The molecule has 3 nitrogen and oxygen atoms in total. The first-order valence-corrected chi connectivity index (χ1v) is 0.775. The molecule has 0 unspecified atom stereocenters. The fourth-order valence-corrected chi connectivity index (χ4v) is 0. The third-order valence-electron chi connectivity index (χ3n) is 0. The number of hydrogen-bond donors (Lipinski definition) is 3. The second-order valence-corrected chi connectivity index (χ2v) is 0.346. The standard InChI is InChI=1S/BH3O3.Nb/c2-1(3)4;/h2-4H;. The maximum atomic E-state index is 7.17. The van der Waals surface area contributed by atoms with Gasteiger partial charge in [0.15, 0.2) is 0 Å². The number of rotatable bonds is 0. The van der Waals surface area contributed by atoms with E-state index < -0.39 is 7.32 Å². The molecule has 1 radical (unpaired) electrons. The van der Waals surface area contributed by atoms with E-state index in [4.69, 9.17) is 15.1 Å². The van der Waals surface area contributed by atoms with Gasteiger partial charge in [0.05, 0.1) is 0 Å². The quantitative estimate of drug-likeness (QED) is 0.352. The Morgan fingerprint density at radius 2 is 1.00 bits per heavy atom. The first kappa shape index (κ1) is 9.19. The maximum absolute atomic E-state index is 7.17. The Morgan fingerprint density at radius 3 is 1.00 bits per heavy atom. The van der Waals surface area contributed by atoms with Crippen molar-refractivity contribution >= 4 is 7.32 Å². The fraction of sp³-hybridized carbons (Fsp3) is 0. The molecule has 0 heterocycles. The predicted molar refractivity (Wildman–Crippen MR) is 12.4 cm³/mol. The van der Waals surface area contributed by atoms with Crippen LogP contribution in [0.25, 0.3) is 0 Å². The van der Waals surface area contributed by atoms with Crippen LogP contribution in [0.15, 0.2) is 0 Å². The van der Waals surface area contributed by atoms with Gasteiger partial charge in [-0.1, -0.05) is 0 Å². The predicted octanol–water partition coefficient (Wildman–Crippen LogP) is -2.05. The minimum absolute atomic E-state index is 0. The molecular weight excluding hydrogens is 152 g/mol. The summed E-state index contributed by atoms with van der Waals surface area (Å²) in [5, 5.41) is 21.5. The fourth-order valence-electron chi connectivity index (χ4n) is 0. The minimum atomic E-state index is -2.17. The molecule has 0 fully saturated rings. The molecule has 0 amide bonds. The number of hydrogen-bond acceptors (Lipinski definition) is 3. The summed E-state index contributed by atoms with van der Waals surface area (Å²) >= 11 is 0. The topological polar surface area (TPSA) is 60.7 Å². The van der Waals surface area contributed by atoms with Crippen LogP contribution in [0.5, 0.6) is 0 Å². The van der Waals surface area contributed by atoms with E-state index in [1.807, 2.05) is 0 Å². The summed E-state index contributed by atoms with van der Waals surface area (Å²) in [7, 11) is -2.17. The molecule has 0 aromatic rings. The van der Waals surface area contributed by atoms with Crippen molar-refractivity contribution in [1.29, 1.82) is 0 Å². The summed E-state index contributed by atoms with van der Waals surface area (Å²) in [5.41, 5.74) is 0. The van der Waals surface area contributed by atoms with E-state index in [0.29, 0.717) is 0 Å². The van der Waals surface area contributed by atoms with Crippen LogP contribution in [0.1, 0.15) is 0 Å². The van der Waals surface area contributed by atoms with E-state index in [1.165, 1.54) is 0 Å². The van der Waals surface area contributed by atoms with Crippen molar-refractivity contribution in [2.24, 2.45) is 0 Å². The molecular formula is H3BNbO3. The van der Waals surface area contributed by atoms with Crippen molar-refractivity contribution in [3.63, 3.8) is 0 Å². The molecule has 5 heavy (non-hydrogen) atoms. The molecule has 0 aromatic heterocycles. The smallest absolute Gasteiger partial charge is 0.402 e. The summed E-state index contributed by atoms with van der Waals surface area (Å²) < 4.78 is 0. The zero-order valence-corrected chi connectivity index (χ0v) is 4.56. The van der Waals surface area contributed by atoms with E-state index in [-0.39, 0.29) is 22.4 Å². The summed E-state index contributed by atoms with van der Waals surface area (Å²) in [4.78, 5) is 0. The van der Waals surface area contributed by atoms with E-state index in [0.717, 1.165) is 0 Å². The normalized spacial score (nSPS) is 5.40. The van der Waals surface area contributed by atoms with Gasteiger partial charge in [-0.25, -0.2) is 0 Å². The molecule has 0 aliphatic rings. The van der Waals surface area contributed by atoms with Crippen LogP contribution in [0.4, 0.5) is 0 Å². The first-order valence-electron chi connectivity index (χ1n) is 0.775. The Morgan fingerprint density at radius 1 is 1.00 bits per heavy atom. The van der Waals surface area contributed by atoms with Crippen LogP contribution in [0.3, 0.4) is 0 Å². The van der Waals surface area contributed by atoms with Gasteiger partial charge in [-0.15, -0.1) is 0 Å². The Kier molecular flexibility index (Phi) is 8.61. The molecule has 0 aliphatic heterocycles. The Labute approximate surface area is 45.3 Å². The van der Waals surface area contributed by atoms with E-state index in [1.54, 1.807) is 0 Å². The minimum Gasteiger partial charge on any atom is -0.402 e. The van der Waals surface area contributed by atoms with E-state index in [9.17, 15) is 0 Å². The molecule has 0 bridgehead atoms. The van der Waals surface area contributed by atoms with Gasteiger partial charge in [0.1, 0.15) is 0 Å². The average molecular weight is 155 g/mol. The zero-order chi connectivity index (χ0) is 3.58. The summed E-state index contributed by atoms with van der Waals surface area (Å²) in [6.45, 7) is 0. The van der Waals surface area contributed by atoms with Gasteiger partial charge in [-0.2, -0.15) is 0 Å².